The average Bonchev–Trinajstić information content (AvgIpc) is 2.03. The molecule has 62 valence electrons. The van der Waals surface area contributed by atoms with Gasteiger partial charge in [0.05, 0.1) is 6.20 Å². The lowest BCUT2D eigenvalue weighted by Crippen LogP contribution is -2.16. The van der Waals surface area contributed by atoms with Crippen LogP contribution in [-0.4, -0.2) is 9.97 Å². The highest BCUT2D eigenvalue weighted by atomic mass is 16.1. The van der Waals surface area contributed by atoms with Crippen molar-refractivity contribution in [3.05, 3.63) is 27.9 Å². The molecular weight excluding hydrogens is 154 g/mol. The molecule has 1 heterocycles. The molecule has 0 aliphatic carbocycles. The summed E-state index contributed by atoms with van der Waals surface area (Å²) in [4.78, 5) is 17.5. The van der Waals surface area contributed by atoms with Gasteiger partial charge < -0.3 is 4.98 Å². The molecule has 0 radical (unpaired) electrons. The monoisotopic (exact) mass is 163 g/mol. The fourth-order valence-corrected chi connectivity index (χ4v) is 0.879. The van der Waals surface area contributed by atoms with E-state index in [0.29, 0.717) is 5.69 Å². The summed E-state index contributed by atoms with van der Waals surface area (Å²) in [7, 11) is 0. The normalized spacial score (nSPS) is 9.83. The Morgan fingerprint density at radius 3 is 2.75 bits per heavy atom. The molecule has 0 aliphatic rings. The molecule has 0 spiro atoms. The number of H-pyrrole nitrogens is 1. The predicted molar refractivity (Wildman–Crippen MR) is 43.7 cm³/mol. The molecule has 0 aliphatic heterocycles. The lowest BCUT2D eigenvalue weighted by Gasteiger charge is -2.00. The number of aromatic nitrogens is 2. The summed E-state index contributed by atoms with van der Waals surface area (Å²) in [5.41, 5.74) is 0.391. The molecular formula is C8H9N3O. The zero-order valence-corrected chi connectivity index (χ0v) is 6.96. The van der Waals surface area contributed by atoms with E-state index >= 15 is 0 Å². The highest BCUT2D eigenvalue weighted by molar-refractivity contribution is 5.17. The number of hydrogen-bond donors (Lipinski definition) is 1. The van der Waals surface area contributed by atoms with Gasteiger partial charge in [-0.1, -0.05) is 13.8 Å². The lowest BCUT2D eigenvalue weighted by molar-refractivity contribution is 0.793. The molecule has 12 heavy (non-hydrogen) atoms. The SMILES string of the molecule is CC(C)c1ncc(C#N)[nH]c1=O. The van der Waals surface area contributed by atoms with Crippen molar-refractivity contribution < 1.29 is 0 Å². The van der Waals surface area contributed by atoms with Crippen LogP contribution in [0, 0.1) is 11.3 Å². The van der Waals surface area contributed by atoms with Gasteiger partial charge in [-0.15, -0.1) is 0 Å². The van der Waals surface area contributed by atoms with E-state index in [9.17, 15) is 4.79 Å². The van der Waals surface area contributed by atoms with Crippen LogP contribution in [0.2, 0.25) is 0 Å². The maximum absolute atomic E-state index is 11.2. The summed E-state index contributed by atoms with van der Waals surface area (Å²) < 4.78 is 0. The van der Waals surface area contributed by atoms with Crippen LogP contribution in [0.4, 0.5) is 0 Å². The Kier molecular flexibility index (Phi) is 2.24. The van der Waals surface area contributed by atoms with Gasteiger partial charge in [0.1, 0.15) is 17.5 Å². The minimum atomic E-state index is -0.274. The van der Waals surface area contributed by atoms with Crippen LogP contribution >= 0.6 is 0 Å². The highest BCUT2D eigenvalue weighted by Crippen LogP contribution is 2.04. The Labute approximate surface area is 69.9 Å². The van der Waals surface area contributed by atoms with Gasteiger partial charge in [-0.05, 0) is 0 Å². The molecule has 0 aromatic carbocycles. The first-order valence-corrected chi connectivity index (χ1v) is 3.64. The Bertz CT molecular complexity index is 373. The minimum absolute atomic E-state index is 0.0847. The van der Waals surface area contributed by atoms with Gasteiger partial charge in [0, 0.05) is 5.92 Å². The molecule has 0 bridgehead atoms. The summed E-state index contributed by atoms with van der Waals surface area (Å²) in [6, 6.07) is 1.82. The Morgan fingerprint density at radius 1 is 1.67 bits per heavy atom. The number of rotatable bonds is 1. The highest BCUT2D eigenvalue weighted by Gasteiger charge is 2.05. The van der Waals surface area contributed by atoms with Crippen molar-refractivity contribution in [2.24, 2.45) is 0 Å². The topological polar surface area (TPSA) is 69.5 Å². The standard InChI is InChI=1S/C8H9N3O/c1-5(2)7-8(12)11-6(3-9)4-10-7/h4-5H,1-2H3,(H,11,12). The van der Waals surface area contributed by atoms with Gasteiger partial charge >= 0.3 is 0 Å². The molecule has 1 aromatic rings. The molecule has 0 amide bonds. The predicted octanol–water partition coefficient (Wildman–Crippen LogP) is 0.765. The third-order valence-electron chi connectivity index (χ3n) is 1.48. The number of aromatic amines is 1. The molecule has 1 rings (SSSR count). The van der Waals surface area contributed by atoms with Gasteiger partial charge in [0.25, 0.3) is 5.56 Å². The van der Waals surface area contributed by atoms with Crippen molar-refractivity contribution in [2.75, 3.05) is 0 Å². The van der Waals surface area contributed by atoms with Gasteiger partial charge in [-0.2, -0.15) is 5.26 Å². The largest absolute Gasteiger partial charge is 0.311 e. The minimum Gasteiger partial charge on any atom is -0.311 e. The van der Waals surface area contributed by atoms with Crippen molar-refractivity contribution in [3.8, 4) is 6.07 Å². The average molecular weight is 163 g/mol. The molecule has 4 heteroatoms. The van der Waals surface area contributed by atoms with Crippen LogP contribution in [0.1, 0.15) is 31.2 Å². The summed E-state index contributed by atoms with van der Waals surface area (Å²) in [5.74, 6) is 0.0847. The van der Waals surface area contributed by atoms with Crippen molar-refractivity contribution in [3.63, 3.8) is 0 Å². The van der Waals surface area contributed by atoms with E-state index in [0.717, 1.165) is 0 Å². The zero-order chi connectivity index (χ0) is 9.14. The van der Waals surface area contributed by atoms with Crippen LogP contribution in [0.5, 0.6) is 0 Å². The summed E-state index contributed by atoms with van der Waals surface area (Å²) in [6.45, 7) is 3.76. The smallest absolute Gasteiger partial charge is 0.270 e. The second-order valence-corrected chi connectivity index (χ2v) is 2.78. The molecule has 4 nitrogen and oxygen atoms in total. The van der Waals surface area contributed by atoms with Gasteiger partial charge in [0.2, 0.25) is 0 Å². The summed E-state index contributed by atoms with van der Waals surface area (Å²) in [6.07, 6.45) is 1.37. The first-order chi connectivity index (χ1) is 5.65. The number of hydrogen-bond acceptors (Lipinski definition) is 3. The van der Waals surface area contributed by atoms with Crippen LogP contribution < -0.4 is 5.56 Å². The van der Waals surface area contributed by atoms with Gasteiger partial charge in [-0.3, -0.25) is 9.78 Å². The zero-order valence-electron chi connectivity index (χ0n) is 6.96. The summed E-state index contributed by atoms with van der Waals surface area (Å²) >= 11 is 0. The first-order valence-electron chi connectivity index (χ1n) is 3.64. The second kappa shape index (κ2) is 3.18. The first kappa shape index (κ1) is 8.47. The third-order valence-corrected chi connectivity index (χ3v) is 1.48. The van der Waals surface area contributed by atoms with E-state index in [1.807, 2.05) is 19.9 Å². The van der Waals surface area contributed by atoms with E-state index in [1.54, 1.807) is 0 Å². The van der Waals surface area contributed by atoms with E-state index in [4.69, 9.17) is 5.26 Å². The van der Waals surface area contributed by atoms with Crippen LogP contribution in [0.3, 0.4) is 0 Å². The maximum atomic E-state index is 11.2. The fraction of sp³-hybridized carbons (Fsp3) is 0.375. The number of nitrogens with one attached hydrogen (secondary N) is 1. The van der Waals surface area contributed by atoms with E-state index in [1.165, 1.54) is 6.20 Å². The number of nitriles is 1. The Balaban J connectivity index is 3.24. The van der Waals surface area contributed by atoms with E-state index in [-0.39, 0.29) is 17.2 Å². The maximum Gasteiger partial charge on any atom is 0.270 e. The van der Waals surface area contributed by atoms with Crippen molar-refractivity contribution in [1.82, 2.24) is 9.97 Å². The van der Waals surface area contributed by atoms with Crippen molar-refractivity contribution in [1.29, 1.82) is 5.26 Å². The van der Waals surface area contributed by atoms with Crippen LogP contribution in [0.15, 0.2) is 11.0 Å². The lowest BCUT2D eigenvalue weighted by atomic mass is 10.1. The molecule has 0 saturated heterocycles. The molecule has 0 unspecified atom stereocenters. The van der Waals surface area contributed by atoms with Crippen molar-refractivity contribution in [2.45, 2.75) is 19.8 Å². The van der Waals surface area contributed by atoms with E-state index < -0.39 is 0 Å². The summed E-state index contributed by atoms with van der Waals surface area (Å²) in [5, 5.41) is 8.43. The molecule has 0 atom stereocenters. The second-order valence-electron chi connectivity index (χ2n) is 2.78. The van der Waals surface area contributed by atoms with Crippen LogP contribution in [0.25, 0.3) is 0 Å². The molecule has 0 saturated carbocycles. The van der Waals surface area contributed by atoms with Gasteiger partial charge in [-0.25, -0.2) is 0 Å². The molecule has 1 N–H and O–H groups in total. The molecule has 0 fully saturated rings. The molecule has 1 aromatic heterocycles. The fourth-order valence-electron chi connectivity index (χ4n) is 0.879. The van der Waals surface area contributed by atoms with Gasteiger partial charge in [0.15, 0.2) is 0 Å². The van der Waals surface area contributed by atoms with Crippen molar-refractivity contribution >= 4 is 0 Å². The number of nitrogens with zero attached hydrogens (tertiary/aromatic N) is 2. The quantitative estimate of drug-likeness (QED) is 0.664. The van der Waals surface area contributed by atoms with E-state index in [2.05, 4.69) is 9.97 Å². The Hall–Kier alpha value is -1.63. The Morgan fingerprint density at radius 2 is 2.33 bits per heavy atom. The van der Waals surface area contributed by atoms with Crippen LogP contribution in [-0.2, 0) is 0 Å². The third kappa shape index (κ3) is 1.51.